The van der Waals surface area contributed by atoms with Gasteiger partial charge in [-0.15, -0.1) is 0 Å². The zero-order chi connectivity index (χ0) is 20.1. The first-order valence-electron chi connectivity index (χ1n) is 9.78. The Bertz CT molecular complexity index is 832. The molecular weight excluding hydrogens is 356 g/mol. The van der Waals surface area contributed by atoms with E-state index in [1.807, 2.05) is 56.9 Å². The number of hydrogen-bond donors (Lipinski definition) is 0. The predicted molar refractivity (Wildman–Crippen MR) is 108 cm³/mol. The van der Waals surface area contributed by atoms with Crippen molar-refractivity contribution in [2.24, 2.45) is 0 Å². The van der Waals surface area contributed by atoms with Crippen LogP contribution in [0.3, 0.4) is 0 Å². The molecule has 1 fully saturated rings. The second kappa shape index (κ2) is 8.91. The Morgan fingerprint density at radius 2 is 1.71 bits per heavy atom. The van der Waals surface area contributed by atoms with Gasteiger partial charge in [0.15, 0.2) is 0 Å². The fourth-order valence-corrected chi connectivity index (χ4v) is 3.28. The van der Waals surface area contributed by atoms with E-state index in [0.29, 0.717) is 56.8 Å². The molecule has 1 saturated heterocycles. The fraction of sp³-hybridized carbons (Fsp3) is 0.476. The fourth-order valence-electron chi connectivity index (χ4n) is 3.28. The van der Waals surface area contributed by atoms with Gasteiger partial charge in [0.2, 0.25) is 11.8 Å². The number of hydrogen-bond acceptors (Lipinski definition) is 6. The van der Waals surface area contributed by atoms with Crippen LogP contribution in [0.1, 0.15) is 35.5 Å². The van der Waals surface area contributed by atoms with Gasteiger partial charge in [0.25, 0.3) is 5.91 Å². The Balaban J connectivity index is 1.65. The van der Waals surface area contributed by atoms with Crippen molar-refractivity contribution in [1.82, 2.24) is 14.9 Å². The summed E-state index contributed by atoms with van der Waals surface area (Å²) in [4.78, 5) is 25.9. The van der Waals surface area contributed by atoms with Gasteiger partial charge in [-0.1, -0.05) is 0 Å². The number of rotatable bonds is 6. The highest BCUT2D eigenvalue weighted by atomic mass is 16.5. The van der Waals surface area contributed by atoms with Crippen molar-refractivity contribution < 1.29 is 14.3 Å². The van der Waals surface area contributed by atoms with Gasteiger partial charge in [-0.05, 0) is 51.5 Å². The van der Waals surface area contributed by atoms with Crippen LogP contribution in [0.2, 0.25) is 0 Å². The molecule has 1 aromatic heterocycles. The molecule has 0 bridgehead atoms. The Morgan fingerprint density at radius 3 is 2.36 bits per heavy atom. The van der Waals surface area contributed by atoms with Crippen LogP contribution < -0.4 is 14.4 Å². The van der Waals surface area contributed by atoms with Crippen molar-refractivity contribution in [2.45, 2.75) is 27.7 Å². The van der Waals surface area contributed by atoms with Crippen molar-refractivity contribution in [3.05, 3.63) is 41.1 Å². The van der Waals surface area contributed by atoms with Gasteiger partial charge < -0.3 is 19.3 Å². The lowest BCUT2D eigenvalue weighted by molar-refractivity contribution is 0.0746. The molecule has 1 aromatic carbocycles. The largest absolute Gasteiger partial charge is 0.494 e. The Kier molecular flexibility index (Phi) is 6.34. The summed E-state index contributed by atoms with van der Waals surface area (Å²) in [5.41, 5.74) is 2.54. The first kappa shape index (κ1) is 19.9. The van der Waals surface area contributed by atoms with Crippen LogP contribution >= 0.6 is 0 Å². The average molecular weight is 384 g/mol. The second-order valence-corrected chi connectivity index (χ2v) is 6.77. The lowest BCUT2D eigenvalue weighted by Gasteiger charge is -2.35. The first-order chi connectivity index (χ1) is 13.5. The van der Waals surface area contributed by atoms with E-state index in [4.69, 9.17) is 9.47 Å². The smallest absolute Gasteiger partial charge is 0.253 e. The minimum absolute atomic E-state index is 0.0472. The van der Waals surface area contributed by atoms with Crippen LogP contribution in [0.15, 0.2) is 24.3 Å². The van der Waals surface area contributed by atoms with E-state index in [0.717, 1.165) is 17.0 Å². The SMILES string of the molecule is CCOc1cc(C)nc(N2CCN(C(=O)c3ccc(OCC)c(C)c3)CC2)n1. The number of piperazine rings is 1. The van der Waals surface area contributed by atoms with Crippen LogP contribution in [0.4, 0.5) is 5.95 Å². The van der Waals surface area contributed by atoms with Crippen molar-refractivity contribution in [3.63, 3.8) is 0 Å². The molecule has 0 N–H and O–H groups in total. The summed E-state index contributed by atoms with van der Waals surface area (Å²) in [5.74, 6) is 2.12. The topological polar surface area (TPSA) is 67.8 Å². The highest BCUT2D eigenvalue weighted by Gasteiger charge is 2.24. The number of aromatic nitrogens is 2. The van der Waals surface area contributed by atoms with E-state index >= 15 is 0 Å². The van der Waals surface area contributed by atoms with Crippen molar-refractivity contribution in [2.75, 3.05) is 44.3 Å². The standard InChI is InChI=1S/C21H28N4O3/c1-5-27-18-8-7-17(13-15(18)3)20(26)24-9-11-25(12-10-24)21-22-16(4)14-19(23-21)28-6-2/h7-8,13-14H,5-6,9-12H2,1-4H3. The molecule has 2 heterocycles. The molecule has 1 aliphatic rings. The van der Waals surface area contributed by atoms with E-state index in [1.54, 1.807) is 0 Å². The molecule has 2 aromatic rings. The van der Waals surface area contributed by atoms with Crippen LogP contribution in [0, 0.1) is 13.8 Å². The summed E-state index contributed by atoms with van der Waals surface area (Å²) < 4.78 is 11.1. The average Bonchev–Trinajstić information content (AvgIpc) is 2.69. The molecule has 0 aliphatic carbocycles. The number of nitrogens with zero attached hydrogens (tertiary/aromatic N) is 4. The Labute approximate surface area is 166 Å². The third kappa shape index (κ3) is 4.52. The molecule has 0 unspecified atom stereocenters. The third-order valence-corrected chi connectivity index (χ3v) is 4.68. The number of carbonyl (C=O) groups excluding carboxylic acids is 1. The summed E-state index contributed by atoms with van der Waals surface area (Å²) in [7, 11) is 0. The summed E-state index contributed by atoms with van der Waals surface area (Å²) in [6, 6.07) is 7.45. The molecule has 3 rings (SSSR count). The van der Waals surface area contributed by atoms with Gasteiger partial charge in [0, 0.05) is 43.5 Å². The summed E-state index contributed by atoms with van der Waals surface area (Å²) in [6.45, 7) is 11.6. The number of anilines is 1. The summed E-state index contributed by atoms with van der Waals surface area (Å²) in [5, 5.41) is 0. The molecule has 0 saturated carbocycles. The zero-order valence-corrected chi connectivity index (χ0v) is 17.1. The van der Waals surface area contributed by atoms with E-state index in [-0.39, 0.29) is 5.91 Å². The lowest BCUT2D eigenvalue weighted by Crippen LogP contribution is -2.49. The molecular formula is C21H28N4O3. The second-order valence-electron chi connectivity index (χ2n) is 6.77. The van der Waals surface area contributed by atoms with Gasteiger partial charge in [-0.25, -0.2) is 4.98 Å². The maximum atomic E-state index is 12.9. The number of carbonyl (C=O) groups is 1. The monoisotopic (exact) mass is 384 g/mol. The number of aryl methyl sites for hydroxylation is 2. The number of benzene rings is 1. The zero-order valence-electron chi connectivity index (χ0n) is 17.1. The molecule has 0 spiro atoms. The summed E-state index contributed by atoms with van der Waals surface area (Å²) >= 11 is 0. The van der Waals surface area contributed by atoms with Gasteiger partial charge >= 0.3 is 0 Å². The molecule has 28 heavy (non-hydrogen) atoms. The molecule has 150 valence electrons. The van der Waals surface area contributed by atoms with Crippen LogP contribution in [0.25, 0.3) is 0 Å². The maximum Gasteiger partial charge on any atom is 0.253 e. The normalized spacial score (nSPS) is 14.1. The summed E-state index contributed by atoms with van der Waals surface area (Å²) in [6.07, 6.45) is 0. The van der Waals surface area contributed by atoms with E-state index in [9.17, 15) is 4.79 Å². The molecule has 1 aliphatic heterocycles. The highest BCUT2D eigenvalue weighted by Crippen LogP contribution is 2.21. The molecule has 7 heteroatoms. The quantitative estimate of drug-likeness (QED) is 0.763. The Hall–Kier alpha value is -2.83. The van der Waals surface area contributed by atoms with Crippen LogP contribution in [-0.4, -0.2) is 60.2 Å². The van der Waals surface area contributed by atoms with E-state index in [2.05, 4.69) is 14.9 Å². The first-order valence-corrected chi connectivity index (χ1v) is 9.78. The maximum absolute atomic E-state index is 12.9. The Morgan fingerprint density at radius 1 is 1.00 bits per heavy atom. The van der Waals surface area contributed by atoms with Gasteiger partial charge in [-0.2, -0.15) is 4.98 Å². The van der Waals surface area contributed by atoms with Crippen molar-refractivity contribution in [1.29, 1.82) is 0 Å². The minimum Gasteiger partial charge on any atom is -0.494 e. The number of ether oxygens (including phenoxy) is 2. The van der Waals surface area contributed by atoms with Gasteiger partial charge in [0.05, 0.1) is 13.2 Å². The third-order valence-electron chi connectivity index (χ3n) is 4.68. The lowest BCUT2D eigenvalue weighted by atomic mass is 10.1. The van der Waals surface area contributed by atoms with Gasteiger partial charge in [-0.3, -0.25) is 4.79 Å². The number of amides is 1. The van der Waals surface area contributed by atoms with Crippen LogP contribution in [0.5, 0.6) is 11.6 Å². The molecule has 0 radical (unpaired) electrons. The predicted octanol–water partition coefficient (Wildman–Crippen LogP) is 2.85. The van der Waals surface area contributed by atoms with Crippen molar-refractivity contribution in [3.8, 4) is 11.6 Å². The minimum atomic E-state index is 0.0472. The van der Waals surface area contributed by atoms with Crippen molar-refractivity contribution >= 4 is 11.9 Å². The molecule has 1 amide bonds. The molecule has 7 nitrogen and oxygen atoms in total. The highest BCUT2D eigenvalue weighted by molar-refractivity contribution is 5.94. The van der Waals surface area contributed by atoms with E-state index in [1.165, 1.54) is 0 Å². The van der Waals surface area contributed by atoms with E-state index < -0.39 is 0 Å². The molecule has 0 atom stereocenters. The van der Waals surface area contributed by atoms with Crippen LogP contribution in [-0.2, 0) is 0 Å². The van der Waals surface area contributed by atoms with Gasteiger partial charge in [0.1, 0.15) is 5.75 Å².